The number of H-pyrrole nitrogens is 1. The fourth-order valence-corrected chi connectivity index (χ4v) is 4.07. The highest BCUT2D eigenvalue weighted by Gasteiger charge is 2.25. The van der Waals surface area contributed by atoms with E-state index in [0.717, 1.165) is 48.1 Å². The van der Waals surface area contributed by atoms with Crippen molar-refractivity contribution in [3.05, 3.63) is 54.2 Å². The van der Waals surface area contributed by atoms with Crippen LogP contribution in [0.2, 0.25) is 0 Å². The molecule has 0 unspecified atom stereocenters. The number of phenolic OH excluding ortho intramolecular Hbond substituents is 1. The topological polar surface area (TPSA) is 82.1 Å². The van der Waals surface area contributed by atoms with Gasteiger partial charge in [-0.3, -0.25) is 4.79 Å². The van der Waals surface area contributed by atoms with Crippen LogP contribution in [0.4, 0.5) is 0 Å². The normalized spacial score (nSPS) is 17.5. The molecule has 3 aromatic rings. The van der Waals surface area contributed by atoms with Crippen molar-refractivity contribution >= 4 is 16.9 Å². The quantitative estimate of drug-likeness (QED) is 0.679. The van der Waals surface area contributed by atoms with Gasteiger partial charge in [-0.05, 0) is 49.6 Å². The lowest BCUT2D eigenvalue weighted by atomic mass is 9.96. The van der Waals surface area contributed by atoms with Crippen LogP contribution >= 0.6 is 0 Å². The number of phenols is 1. The number of aromatic hydroxyl groups is 1. The van der Waals surface area contributed by atoms with Gasteiger partial charge in [-0.1, -0.05) is 25.1 Å². The van der Waals surface area contributed by atoms with E-state index in [0.29, 0.717) is 17.8 Å². The van der Waals surface area contributed by atoms with Gasteiger partial charge in [-0.2, -0.15) is 0 Å². The third kappa shape index (κ3) is 3.26. The van der Waals surface area contributed by atoms with Gasteiger partial charge in [0.25, 0.3) is 0 Å². The Labute approximate surface area is 163 Å². The Balaban J connectivity index is 1.72. The van der Waals surface area contributed by atoms with Crippen LogP contribution in [0, 0.1) is 6.92 Å². The van der Waals surface area contributed by atoms with E-state index in [1.807, 2.05) is 23.1 Å². The number of rotatable bonds is 3. The molecule has 0 aliphatic carbocycles. The lowest BCUT2D eigenvalue weighted by Gasteiger charge is -2.23. The van der Waals surface area contributed by atoms with Gasteiger partial charge in [0.05, 0.1) is 5.69 Å². The molecule has 1 saturated heterocycles. The number of nitrogens with zero attached hydrogens (tertiary/aromatic N) is 3. The molecular weight excluding hydrogens is 352 g/mol. The first-order valence-corrected chi connectivity index (χ1v) is 9.64. The Morgan fingerprint density at radius 1 is 1.32 bits per heavy atom. The lowest BCUT2D eigenvalue weighted by Crippen LogP contribution is -2.32. The highest BCUT2D eigenvalue weighted by molar-refractivity contribution is 5.87. The summed E-state index contributed by atoms with van der Waals surface area (Å²) < 4.78 is 0. The minimum absolute atomic E-state index is 0.0118. The molecule has 1 amide bonds. The van der Waals surface area contributed by atoms with Crippen molar-refractivity contribution in [2.24, 2.45) is 0 Å². The minimum Gasteiger partial charge on any atom is -0.507 e. The van der Waals surface area contributed by atoms with Crippen molar-refractivity contribution in [3.8, 4) is 17.0 Å². The molecule has 144 valence electrons. The van der Waals surface area contributed by atoms with Crippen molar-refractivity contribution < 1.29 is 9.90 Å². The van der Waals surface area contributed by atoms with Gasteiger partial charge in [0.15, 0.2) is 5.65 Å². The predicted molar refractivity (Wildman–Crippen MR) is 109 cm³/mol. The summed E-state index contributed by atoms with van der Waals surface area (Å²) in [4.78, 5) is 17.5. The summed E-state index contributed by atoms with van der Waals surface area (Å²) in [5.74, 6) is 0.406. The Morgan fingerprint density at radius 2 is 2.14 bits per heavy atom. The third-order valence-electron chi connectivity index (χ3n) is 5.60. The van der Waals surface area contributed by atoms with Crippen molar-refractivity contribution in [1.29, 1.82) is 0 Å². The van der Waals surface area contributed by atoms with Crippen LogP contribution in [0.25, 0.3) is 22.3 Å². The van der Waals surface area contributed by atoms with E-state index in [4.69, 9.17) is 0 Å². The number of carbonyl (C=O) groups excluding carboxylic acids is 1. The molecule has 2 aromatic heterocycles. The molecule has 1 fully saturated rings. The van der Waals surface area contributed by atoms with Crippen molar-refractivity contribution in [2.45, 2.75) is 32.1 Å². The Hall–Kier alpha value is -3.15. The minimum atomic E-state index is -0.0118. The van der Waals surface area contributed by atoms with Gasteiger partial charge in [0.1, 0.15) is 5.75 Å². The van der Waals surface area contributed by atoms with E-state index in [9.17, 15) is 9.90 Å². The van der Waals surface area contributed by atoms with Crippen molar-refractivity contribution in [2.75, 3.05) is 13.1 Å². The molecule has 0 bridgehead atoms. The Kier molecular flexibility index (Phi) is 4.86. The molecule has 1 aliphatic heterocycles. The van der Waals surface area contributed by atoms with Crippen LogP contribution in [0.3, 0.4) is 0 Å². The number of carbonyl (C=O) groups is 1. The fourth-order valence-electron chi connectivity index (χ4n) is 4.07. The number of aromatic amines is 1. The molecule has 6 nitrogen and oxygen atoms in total. The molecule has 4 rings (SSSR count). The summed E-state index contributed by atoms with van der Waals surface area (Å²) in [7, 11) is 0. The second-order valence-corrected chi connectivity index (χ2v) is 7.35. The zero-order valence-electron chi connectivity index (χ0n) is 16.0. The van der Waals surface area contributed by atoms with Gasteiger partial charge < -0.3 is 15.0 Å². The summed E-state index contributed by atoms with van der Waals surface area (Å²) >= 11 is 0. The average molecular weight is 376 g/mol. The van der Waals surface area contributed by atoms with Gasteiger partial charge in [0, 0.05) is 35.7 Å². The summed E-state index contributed by atoms with van der Waals surface area (Å²) in [6.45, 7) is 7.16. The van der Waals surface area contributed by atoms with Crippen molar-refractivity contribution in [1.82, 2.24) is 20.1 Å². The number of fused-ring (bicyclic) bond motifs is 1. The first-order valence-electron chi connectivity index (χ1n) is 9.64. The lowest BCUT2D eigenvalue weighted by molar-refractivity contribution is -0.126. The monoisotopic (exact) mass is 376 g/mol. The molecule has 0 spiro atoms. The number of benzene rings is 1. The van der Waals surface area contributed by atoms with E-state index in [2.05, 4.69) is 28.7 Å². The van der Waals surface area contributed by atoms with Crippen LogP contribution in [0.1, 0.15) is 36.4 Å². The number of hydrogen-bond donors (Lipinski definition) is 2. The number of aromatic nitrogens is 3. The fraction of sp³-hybridized carbons (Fsp3) is 0.318. The number of likely N-dealkylation sites (tertiary alicyclic amines) is 1. The van der Waals surface area contributed by atoms with Crippen LogP contribution in [0.5, 0.6) is 5.75 Å². The Morgan fingerprint density at radius 3 is 2.93 bits per heavy atom. The van der Waals surface area contributed by atoms with Gasteiger partial charge in [0.2, 0.25) is 5.91 Å². The van der Waals surface area contributed by atoms with Gasteiger partial charge in [-0.15, -0.1) is 10.2 Å². The molecule has 3 heterocycles. The van der Waals surface area contributed by atoms with E-state index >= 15 is 0 Å². The maximum atomic E-state index is 12.1. The highest BCUT2D eigenvalue weighted by atomic mass is 16.3. The number of amides is 1. The molecule has 1 aromatic carbocycles. The van der Waals surface area contributed by atoms with E-state index in [1.54, 1.807) is 12.1 Å². The zero-order valence-corrected chi connectivity index (χ0v) is 16.0. The molecular formula is C22H24N4O2. The molecule has 28 heavy (non-hydrogen) atoms. The molecule has 1 aliphatic rings. The van der Waals surface area contributed by atoms with Crippen LogP contribution in [-0.2, 0) is 4.79 Å². The van der Waals surface area contributed by atoms with Crippen LogP contribution < -0.4 is 0 Å². The molecule has 1 atom stereocenters. The number of aryl methyl sites for hydroxylation is 1. The van der Waals surface area contributed by atoms with Gasteiger partial charge in [-0.25, -0.2) is 0 Å². The zero-order chi connectivity index (χ0) is 19.7. The van der Waals surface area contributed by atoms with Crippen molar-refractivity contribution in [3.63, 3.8) is 0 Å². The standard InChI is InChI=1S/C22H24N4O2/c1-3-20(28)26-11-7-6-8-15(13-26)21-14(2)17-12-18(24-25-22(17)23-21)16-9-4-5-10-19(16)27/h3-5,9-10,12,15,27H,1,6-8,11,13H2,2H3,(H,23,25)/t15-/m1/s1. The smallest absolute Gasteiger partial charge is 0.245 e. The van der Waals surface area contributed by atoms with Gasteiger partial charge >= 0.3 is 0 Å². The number of hydrogen-bond acceptors (Lipinski definition) is 4. The van der Waals surface area contributed by atoms with E-state index < -0.39 is 0 Å². The Bertz CT molecular complexity index is 1040. The summed E-state index contributed by atoms with van der Waals surface area (Å²) in [6.07, 6.45) is 4.50. The first kappa shape index (κ1) is 18.2. The second-order valence-electron chi connectivity index (χ2n) is 7.35. The van der Waals surface area contributed by atoms with Crippen LogP contribution in [0.15, 0.2) is 43.0 Å². The summed E-state index contributed by atoms with van der Waals surface area (Å²) in [5, 5.41) is 19.8. The van der Waals surface area contributed by atoms with E-state index in [-0.39, 0.29) is 17.6 Å². The highest BCUT2D eigenvalue weighted by Crippen LogP contribution is 2.34. The predicted octanol–water partition coefficient (Wildman–Crippen LogP) is 3.92. The molecule has 0 radical (unpaired) electrons. The third-order valence-corrected chi connectivity index (χ3v) is 5.60. The maximum Gasteiger partial charge on any atom is 0.245 e. The molecule has 2 N–H and O–H groups in total. The second kappa shape index (κ2) is 7.46. The molecule has 0 saturated carbocycles. The maximum absolute atomic E-state index is 12.1. The first-order chi connectivity index (χ1) is 13.6. The van der Waals surface area contributed by atoms with E-state index in [1.165, 1.54) is 6.08 Å². The SMILES string of the molecule is C=CC(=O)N1CCCC[C@@H](c2[nH]c3nnc(-c4ccccc4O)cc3c2C)C1. The number of para-hydroxylation sites is 1. The molecule has 6 heteroatoms. The summed E-state index contributed by atoms with van der Waals surface area (Å²) in [6, 6.07) is 9.10. The largest absolute Gasteiger partial charge is 0.507 e. The summed E-state index contributed by atoms with van der Waals surface area (Å²) in [5.41, 5.74) is 4.28. The van der Waals surface area contributed by atoms with Crippen LogP contribution in [-0.4, -0.2) is 44.2 Å². The number of nitrogens with one attached hydrogen (secondary N) is 1. The average Bonchev–Trinajstić information content (AvgIpc) is 2.89.